The molecule has 0 aromatic carbocycles. The quantitative estimate of drug-likeness (QED) is 0.285. The fourth-order valence-corrected chi connectivity index (χ4v) is 1.05. The normalized spacial score (nSPS) is 9.30. The monoisotopic (exact) mass is 163 g/mol. The zero-order valence-electron chi connectivity index (χ0n) is 5.79. The van der Waals surface area contributed by atoms with Crippen LogP contribution in [0, 0.1) is 0 Å². The minimum absolute atomic E-state index is 0.122. The molecule has 0 atom stereocenters. The van der Waals surface area contributed by atoms with E-state index in [1.165, 1.54) is 0 Å². The number of aliphatic hydroxyl groups is 1. The minimum atomic E-state index is 0.122. The van der Waals surface area contributed by atoms with Crippen LogP contribution in [0.5, 0.6) is 0 Å². The van der Waals surface area contributed by atoms with Crippen molar-refractivity contribution in [2.24, 2.45) is 16.5 Å². The predicted molar refractivity (Wildman–Crippen MR) is 44.8 cm³/mol. The van der Waals surface area contributed by atoms with Gasteiger partial charge in [0.2, 0.25) is 0 Å². The van der Waals surface area contributed by atoms with Crippen LogP contribution in [0.3, 0.4) is 0 Å². The zero-order valence-corrected chi connectivity index (χ0v) is 6.60. The largest absolute Gasteiger partial charge is 0.396 e. The van der Waals surface area contributed by atoms with Gasteiger partial charge in [0.05, 0.1) is 5.88 Å². The first-order valence-electron chi connectivity index (χ1n) is 3.01. The molecule has 0 radical (unpaired) electrons. The van der Waals surface area contributed by atoms with Gasteiger partial charge in [0.1, 0.15) is 0 Å². The van der Waals surface area contributed by atoms with E-state index in [0.29, 0.717) is 5.88 Å². The van der Waals surface area contributed by atoms with Crippen molar-refractivity contribution in [2.45, 2.75) is 6.42 Å². The van der Waals surface area contributed by atoms with Gasteiger partial charge in [-0.05, 0) is 12.2 Å². The van der Waals surface area contributed by atoms with Crippen molar-refractivity contribution in [1.29, 1.82) is 0 Å². The average Bonchev–Trinajstić information content (AvgIpc) is 1.87. The second kappa shape index (κ2) is 6.70. The number of aliphatic hydroxyl groups excluding tert-OH is 1. The average molecular weight is 163 g/mol. The Morgan fingerprint density at radius 3 is 2.70 bits per heavy atom. The molecule has 5 heteroatoms. The summed E-state index contributed by atoms with van der Waals surface area (Å²) in [4.78, 5) is 3.75. The number of aliphatic imine (C=N–C) groups is 1. The number of guanidine groups is 1. The van der Waals surface area contributed by atoms with E-state index < -0.39 is 0 Å². The fourth-order valence-electron chi connectivity index (χ4n) is 0.351. The Labute approximate surface area is 64.7 Å². The lowest BCUT2D eigenvalue weighted by atomic mass is 10.5. The summed E-state index contributed by atoms with van der Waals surface area (Å²) in [5, 5.41) is 8.38. The molecule has 0 amide bonds. The van der Waals surface area contributed by atoms with Crippen molar-refractivity contribution in [3.8, 4) is 0 Å². The van der Waals surface area contributed by atoms with Gasteiger partial charge in [-0.25, -0.2) is 4.99 Å². The first-order valence-corrected chi connectivity index (χ1v) is 4.17. The summed E-state index contributed by atoms with van der Waals surface area (Å²) in [5.41, 5.74) is 10.1. The molecule has 0 rings (SSSR count). The van der Waals surface area contributed by atoms with Crippen LogP contribution in [-0.2, 0) is 0 Å². The zero-order chi connectivity index (χ0) is 7.82. The summed E-state index contributed by atoms with van der Waals surface area (Å²) in [7, 11) is 0. The molecule has 10 heavy (non-hydrogen) atoms. The maximum absolute atomic E-state index is 8.38. The predicted octanol–water partition coefficient (Wildman–Crippen LogP) is -0.667. The van der Waals surface area contributed by atoms with Gasteiger partial charge in [-0.15, -0.1) is 11.8 Å². The Balaban J connectivity index is 2.98. The number of hydrogen-bond donors (Lipinski definition) is 3. The molecule has 0 spiro atoms. The highest BCUT2D eigenvalue weighted by Crippen LogP contribution is 2.00. The van der Waals surface area contributed by atoms with Gasteiger partial charge in [-0.2, -0.15) is 0 Å². The second-order valence-electron chi connectivity index (χ2n) is 1.70. The summed E-state index contributed by atoms with van der Waals surface area (Å²) < 4.78 is 0. The van der Waals surface area contributed by atoms with Crippen LogP contribution >= 0.6 is 11.8 Å². The minimum Gasteiger partial charge on any atom is -0.396 e. The van der Waals surface area contributed by atoms with Gasteiger partial charge in [-0.1, -0.05) is 0 Å². The Morgan fingerprint density at radius 2 is 2.20 bits per heavy atom. The molecule has 0 aliphatic rings. The maximum atomic E-state index is 8.38. The Bertz CT molecular complexity index is 103. The number of thioether (sulfide) groups is 1. The van der Waals surface area contributed by atoms with E-state index in [4.69, 9.17) is 16.6 Å². The van der Waals surface area contributed by atoms with E-state index in [2.05, 4.69) is 4.99 Å². The van der Waals surface area contributed by atoms with E-state index in [0.717, 1.165) is 12.2 Å². The van der Waals surface area contributed by atoms with Crippen LogP contribution in [0.15, 0.2) is 4.99 Å². The van der Waals surface area contributed by atoms with Crippen molar-refractivity contribution in [1.82, 2.24) is 0 Å². The first kappa shape index (κ1) is 9.58. The van der Waals surface area contributed by atoms with Gasteiger partial charge < -0.3 is 16.6 Å². The SMILES string of the molecule is NC(N)=NCSCCCO. The van der Waals surface area contributed by atoms with Crippen molar-refractivity contribution < 1.29 is 5.11 Å². The third-order valence-corrected chi connectivity index (χ3v) is 1.67. The van der Waals surface area contributed by atoms with Crippen LogP contribution in [0.1, 0.15) is 6.42 Å². The van der Waals surface area contributed by atoms with E-state index in [9.17, 15) is 0 Å². The van der Waals surface area contributed by atoms with Gasteiger partial charge in [0.25, 0.3) is 0 Å². The number of nitrogens with zero attached hydrogens (tertiary/aromatic N) is 1. The summed E-state index contributed by atoms with van der Waals surface area (Å²) in [5.74, 6) is 1.60. The molecule has 0 unspecified atom stereocenters. The van der Waals surface area contributed by atoms with Crippen LogP contribution in [0.2, 0.25) is 0 Å². The molecule has 60 valence electrons. The summed E-state index contributed by atoms with van der Waals surface area (Å²) in [6.45, 7) is 0.231. The molecule has 0 fully saturated rings. The summed E-state index contributed by atoms with van der Waals surface area (Å²) in [6, 6.07) is 0. The number of hydrogen-bond acceptors (Lipinski definition) is 3. The highest BCUT2D eigenvalue weighted by atomic mass is 32.2. The van der Waals surface area contributed by atoms with Crippen LogP contribution in [-0.4, -0.2) is 29.3 Å². The van der Waals surface area contributed by atoms with Crippen molar-refractivity contribution >= 4 is 17.7 Å². The van der Waals surface area contributed by atoms with Crippen LogP contribution in [0.4, 0.5) is 0 Å². The van der Waals surface area contributed by atoms with E-state index in [1.807, 2.05) is 0 Å². The molecule has 0 bridgehead atoms. The third kappa shape index (κ3) is 7.58. The molecule has 0 aliphatic heterocycles. The second-order valence-corrected chi connectivity index (χ2v) is 2.77. The van der Waals surface area contributed by atoms with Crippen LogP contribution < -0.4 is 11.5 Å². The van der Waals surface area contributed by atoms with E-state index in [-0.39, 0.29) is 12.6 Å². The lowest BCUT2D eigenvalue weighted by Gasteiger charge is -1.94. The molecule has 0 saturated heterocycles. The van der Waals surface area contributed by atoms with Gasteiger partial charge in [-0.3, -0.25) is 0 Å². The molecule has 0 aromatic heterocycles. The highest BCUT2D eigenvalue weighted by Gasteiger charge is 1.85. The first-order chi connectivity index (χ1) is 4.77. The molecule has 0 heterocycles. The standard InChI is InChI=1S/C5H13N3OS/c6-5(7)8-4-10-3-1-2-9/h9H,1-4H2,(H4,6,7,8). The molecule has 0 aromatic rings. The summed E-state index contributed by atoms with van der Waals surface area (Å²) >= 11 is 1.60. The Hall–Kier alpha value is -0.420. The van der Waals surface area contributed by atoms with Crippen molar-refractivity contribution in [2.75, 3.05) is 18.2 Å². The lowest BCUT2D eigenvalue weighted by molar-refractivity contribution is 0.296. The Kier molecular flexibility index (Phi) is 6.42. The van der Waals surface area contributed by atoms with Crippen molar-refractivity contribution in [3.63, 3.8) is 0 Å². The maximum Gasteiger partial charge on any atom is 0.186 e. The van der Waals surface area contributed by atoms with Gasteiger partial charge >= 0.3 is 0 Å². The fraction of sp³-hybridized carbons (Fsp3) is 0.800. The molecule has 4 nitrogen and oxygen atoms in total. The van der Waals surface area contributed by atoms with E-state index >= 15 is 0 Å². The van der Waals surface area contributed by atoms with Gasteiger partial charge in [0, 0.05) is 6.61 Å². The molecule has 5 N–H and O–H groups in total. The smallest absolute Gasteiger partial charge is 0.186 e. The summed E-state index contributed by atoms with van der Waals surface area (Å²) in [6.07, 6.45) is 0.796. The van der Waals surface area contributed by atoms with Crippen LogP contribution in [0.25, 0.3) is 0 Å². The Morgan fingerprint density at radius 1 is 1.50 bits per heavy atom. The molecule has 0 aliphatic carbocycles. The number of rotatable bonds is 5. The molecular formula is C5H13N3OS. The molecular weight excluding hydrogens is 150 g/mol. The lowest BCUT2D eigenvalue weighted by Crippen LogP contribution is -2.22. The third-order valence-electron chi connectivity index (χ3n) is 0.785. The topological polar surface area (TPSA) is 84.6 Å². The highest BCUT2D eigenvalue weighted by molar-refractivity contribution is 7.99. The van der Waals surface area contributed by atoms with Gasteiger partial charge in [0.15, 0.2) is 5.96 Å². The number of nitrogens with two attached hydrogens (primary N) is 2. The van der Waals surface area contributed by atoms with Crippen molar-refractivity contribution in [3.05, 3.63) is 0 Å². The van der Waals surface area contributed by atoms with E-state index in [1.54, 1.807) is 11.8 Å². The molecule has 0 saturated carbocycles.